The Labute approximate surface area is 228 Å². The number of aromatic nitrogens is 1. The minimum atomic E-state index is -3.68. The van der Waals surface area contributed by atoms with Gasteiger partial charge in [0.15, 0.2) is 5.13 Å². The molecule has 0 bridgehead atoms. The average molecular weight is 549 g/mol. The predicted molar refractivity (Wildman–Crippen MR) is 153 cm³/mol. The monoisotopic (exact) mass is 548 g/mol. The second-order valence-electron chi connectivity index (χ2n) is 9.65. The van der Waals surface area contributed by atoms with Crippen LogP contribution in [0.5, 0.6) is 0 Å². The van der Waals surface area contributed by atoms with Gasteiger partial charge in [-0.05, 0) is 60.9 Å². The topological polar surface area (TPSA) is 73.8 Å². The maximum atomic E-state index is 13.2. The standard InChI is InChI=1S/C29H32N4O3S2/c1-4-33(20-23-8-6-5-7-9-23)38(35,36)25-12-10-24(11-13-25)28(34)31-14-16-32(17-15-31)29-30-26-19-21(2)18-22(3)27(26)37-29/h5-13,18-19H,4,14-17,20H2,1-3H3. The van der Waals surface area contributed by atoms with Crippen molar-refractivity contribution < 1.29 is 13.2 Å². The molecule has 0 atom stereocenters. The molecule has 1 amide bonds. The molecule has 5 rings (SSSR count). The van der Waals surface area contributed by atoms with E-state index in [1.807, 2.05) is 42.2 Å². The summed E-state index contributed by atoms with van der Waals surface area (Å²) in [6.45, 7) is 9.29. The molecule has 1 aliphatic heterocycles. The molecule has 1 fully saturated rings. The number of hydrogen-bond acceptors (Lipinski definition) is 6. The number of piperazine rings is 1. The van der Waals surface area contributed by atoms with Gasteiger partial charge in [0.05, 0.1) is 15.1 Å². The van der Waals surface area contributed by atoms with E-state index in [2.05, 4.69) is 30.9 Å². The summed E-state index contributed by atoms with van der Waals surface area (Å²) in [6.07, 6.45) is 0. The van der Waals surface area contributed by atoms with Crippen LogP contribution >= 0.6 is 11.3 Å². The van der Waals surface area contributed by atoms with Gasteiger partial charge in [0.2, 0.25) is 10.0 Å². The smallest absolute Gasteiger partial charge is 0.253 e. The highest BCUT2D eigenvalue weighted by Gasteiger charge is 2.26. The first-order valence-corrected chi connectivity index (χ1v) is 15.1. The summed E-state index contributed by atoms with van der Waals surface area (Å²) in [5.74, 6) is -0.0824. The Morgan fingerprint density at radius 1 is 0.974 bits per heavy atom. The van der Waals surface area contributed by atoms with Crippen molar-refractivity contribution in [3.8, 4) is 0 Å². The highest BCUT2D eigenvalue weighted by molar-refractivity contribution is 7.89. The van der Waals surface area contributed by atoms with Gasteiger partial charge in [-0.15, -0.1) is 0 Å². The van der Waals surface area contributed by atoms with Gasteiger partial charge >= 0.3 is 0 Å². The van der Waals surface area contributed by atoms with Crippen LogP contribution in [0, 0.1) is 13.8 Å². The highest BCUT2D eigenvalue weighted by Crippen LogP contribution is 2.32. The van der Waals surface area contributed by atoms with Crippen LogP contribution in [-0.2, 0) is 16.6 Å². The molecular formula is C29H32N4O3S2. The first kappa shape index (κ1) is 26.3. The first-order chi connectivity index (χ1) is 18.3. The lowest BCUT2D eigenvalue weighted by Gasteiger charge is -2.34. The van der Waals surface area contributed by atoms with Gasteiger partial charge in [-0.25, -0.2) is 13.4 Å². The average Bonchev–Trinajstić information content (AvgIpc) is 3.36. The Morgan fingerprint density at radius 3 is 2.32 bits per heavy atom. The van der Waals surface area contributed by atoms with Crippen molar-refractivity contribution in [2.24, 2.45) is 0 Å². The summed E-state index contributed by atoms with van der Waals surface area (Å²) in [4.78, 5) is 22.3. The first-order valence-electron chi connectivity index (χ1n) is 12.8. The third-order valence-electron chi connectivity index (χ3n) is 6.94. The van der Waals surface area contributed by atoms with E-state index in [4.69, 9.17) is 4.98 Å². The number of rotatable bonds is 7. The quantitative estimate of drug-likeness (QED) is 0.322. The number of nitrogens with zero attached hydrogens (tertiary/aromatic N) is 4. The van der Waals surface area contributed by atoms with Crippen molar-refractivity contribution in [1.29, 1.82) is 0 Å². The molecule has 0 saturated carbocycles. The number of fused-ring (bicyclic) bond motifs is 1. The van der Waals surface area contributed by atoms with E-state index in [0.29, 0.717) is 44.8 Å². The summed E-state index contributed by atoms with van der Waals surface area (Å²) < 4.78 is 29.2. The summed E-state index contributed by atoms with van der Waals surface area (Å²) in [6, 6.07) is 20.2. The lowest BCUT2D eigenvalue weighted by Crippen LogP contribution is -2.48. The zero-order valence-electron chi connectivity index (χ0n) is 21.9. The number of carbonyl (C=O) groups is 1. The van der Waals surface area contributed by atoms with Crippen molar-refractivity contribution >= 4 is 42.6 Å². The zero-order chi connectivity index (χ0) is 26.9. The maximum Gasteiger partial charge on any atom is 0.253 e. The van der Waals surface area contributed by atoms with Crippen LogP contribution < -0.4 is 4.90 Å². The van der Waals surface area contributed by atoms with Gasteiger partial charge in [0.1, 0.15) is 0 Å². The molecule has 198 valence electrons. The number of anilines is 1. The molecule has 1 aromatic heterocycles. The van der Waals surface area contributed by atoms with Crippen molar-refractivity contribution in [3.63, 3.8) is 0 Å². The van der Waals surface area contributed by atoms with Gasteiger partial charge in [0.25, 0.3) is 5.91 Å². The van der Waals surface area contributed by atoms with E-state index in [9.17, 15) is 13.2 Å². The van der Waals surface area contributed by atoms with Crippen molar-refractivity contribution in [2.45, 2.75) is 32.2 Å². The van der Waals surface area contributed by atoms with Crippen LogP contribution in [0.1, 0.15) is 34.0 Å². The molecule has 9 heteroatoms. The SMILES string of the molecule is CCN(Cc1ccccc1)S(=O)(=O)c1ccc(C(=O)N2CCN(c3nc4cc(C)cc(C)c4s3)CC2)cc1. The second kappa shape index (κ2) is 10.8. The van der Waals surface area contributed by atoms with E-state index >= 15 is 0 Å². The van der Waals surface area contributed by atoms with Crippen LogP contribution in [0.25, 0.3) is 10.2 Å². The van der Waals surface area contributed by atoms with Crippen LogP contribution in [0.15, 0.2) is 71.6 Å². The number of thiazole rings is 1. The van der Waals surface area contributed by atoms with E-state index < -0.39 is 10.0 Å². The van der Waals surface area contributed by atoms with Crippen molar-refractivity contribution in [2.75, 3.05) is 37.6 Å². The normalized spacial score (nSPS) is 14.4. The van der Waals surface area contributed by atoms with Gasteiger partial charge in [-0.3, -0.25) is 4.79 Å². The third kappa shape index (κ3) is 5.32. The van der Waals surface area contributed by atoms with E-state index in [-0.39, 0.29) is 10.8 Å². The fraction of sp³-hybridized carbons (Fsp3) is 0.310. The Balaban J connectivity index is 1.24. The zero-order valence-corrected chi connectivity index (χ0v) is 23.6. The molecule has 7 nitrogen and oxygen atoms in total. The molecule has 3 aromatic carbocycles. The van der Waals surface area contributed by atoms with Crippen LogP contribution in [0.3, 0.4) is 0 Å². The fourth-order valence-electron chi connectivity index (χ4n) is 4.86. The Hall–Kier alpha value is -3.27. The molecule has 0 unspecified atom stereocenters. The lowest BCUT2D eigenvalue weighted by atomic mass is 10.1. The molecule has 2 heterocycles. The lowest BCUT2D eigenvalue weighted by molar-refractivity contribution is 0.0746. The van der Waals surface area contributed by atoms with Crippen LogP contribution in [0.2, 0.25) is 0 Å². The van der Waals surface area contributed by atoms with Gasteiger partial charge < -0.3 is 9.80 Å². The summed E-state index contributed by atoms with van der Waals surface area (Å²) in [5.41, 5.74) is 4.90. The van der Waals surface area contributed by atoms with E-state index in [1.165, 1.54) is 32.3 Å². The minimum Gasteiger partial charge on any atom is -0.345 e. The molecule has 4 aromatic rings. The number of benzene rings is 3. The molecule has 0 radical (unpaired) electrons. The molecule has 1 saturated heterocycles. The number of aryl methyl sites for hydroxylation is 2. The minimum absolute atomic E-state index is 0.0824. The fourth-order valence-corrected chi connectivity index (χ4v) is 7.36. The van der Waals surface area contributed by atoms with Crippen LogP contribution in [0.4, 0.5) is 5.13 Å². The largest absolute Gasteiger partial charge is 0.345 e. The van der Waals surface area contributed by atoms with Gasteiger partial charge in [-0.1, -0.05) is 54.7 Å². The Bertz CT molecular complexity index is 1540. The predicted octanol–water partition coefficient (Wildman–Crippen LogP) is 5.09. The maximum absolute atomic E-state index is 13.2. The number of hydrogen-bond donors (Lipinski definition) is 0. The van der Waals surface area contributed by atoms with Gasteiger partial charge in [0, 0.05) is 44.8 Å². The van der Waals surface area contributed by atoms with Gasteiger partial charge in [-0.2, -0.15) is 4.31 Å². The number of carbonyl (C=O) groups excluding carboxylic acids is 1. The molecule has 0 N–H and O–H groups in total. The molecular weight excluding hydrogens is 516 g/mol. The summed E-state index contributed by atoms with van der Waals surface area (Å²) in [5, 5.41) is 0.992. The molecule has 1 aliphatic rings. The molecule has 38 heavy (non-hydrogen) atoms. The van der Waals surface area contributed by atoms with Crippen LogP contribution in [-0.4, -0.2) is 61.2 Å². The molecule has 0 aliphatic carbocycles. The third-order valence-corrected chi connectivity index (χ3v) is 10.1. The number of amides is 1. The van der Waals surface area contributed by atoms with Crippen molar-refractivity contribution in [3.05, 3.63) is 89.0 Å². The van der Waals surface area contributed by atoms with E-state index in [0.717, 1.165) is 16.2 Å². The highest BCUT2D eigenvalue weighted by atomic mass is 32.2. The molecule has 0 spiro atoms. The van der Waals surface area contributed by atoms with E-state index in [1.54, 1.807) is 23.5 Å². The summed E-state index contributed by atoms with van der Waals surface area (Å²) >= 11 is 1.70. The Morgan fingerprint density at radius 2 is 1.66 bits per heavy atom. The van der Waals surface area contributed by atoms with Crippen molar-refractivity contribution in [1.82, 2.24) is 14.2 Å². The second-order valence-corrected chi connectivity index (χ2v) is 12.6. The Kier molecular flexibility index (Phi) is 7.52. The summed E-state index contributed by atoms with van der Waals surface area (Å²) in [7, 11) is -3.68. The number of sulfonamides is 1.